The quantitative estimate of drug-likeness (QED) is 0.789. The van der Waals surface area contributed by atoms with Crippen LogP contribution < -0.4 is 9.47 Å². The maximum atomic E-state index is 10.4. The number of carbonyl (C=O) groups excluding carboxylic acids is 1. The Balaban J connectivity index is 1.86. The molecule has 3 rings (SSSR count). The van der Waals surface area contributed by atoms with E-state index in [2.05, 4.69) is 0 Å². The van der Waals surface area contributed by atoms with Crippen LogP contribution in [0.25, 0.3) is 0 Å². The van der Waals surface area contributed by atoms with Gasteiger partial charge >= 0.3 is 0 Å². The molecule has 0 saturated heterocycles. The second kappa shape index (κ2) is 4.47. The Bertz CT molecular complexity index is 480. The highest BCUT2D eigenvalue weighted by Crippen LogP contribution is 2.50. The standard InChI is InChI=1S/C14H15ClO3/c15-11-6-10(2-1-5-16)7-12-13(11)18-9-14(3-4-14)8-17-12/h5-7H,1-4,8-9H2. The SMILES string of the molecule is O=CCCc1cc(Cl)c2c(c1)OCC1(CC1)CO2. The van der Waals surface area contributed by atoms with Crippen LogP contribution in [0, 0.1) is 5.41 Å². The topological polar surface area (TPSA) is 35.5 Å². The highest BCUT2D eigenvalue weighted by Gasteiger charge is 2.46. The molecule has 3 nitrogen and oxygen atoms in total. The first-order valence-electron chi connectivity index (χ1n) is 6.24. The van der Waals surface area contributed by atoms with Gasteiger partial charge in [-0.25, -0.2) is 0 Å². The molecule has 0 aromatic heterocycles. The minimum atomic E-state index is 0.214. The predicted molar refractivity (Wildman–Crippen MR) is 68.5 cm³/mol. The fourth-order valence-electron chi connectivity index (χ4n) is 2.20. The summed E-state index contributed by atoms with van der Waals surface area (Å²) in [6.45, 7) is 1.39. The molecule has 1 aromatic rings. The van der Waals surface area contributed by atoms with Crippen molar-refractivity contribution < 1.29 is 14.3 Å². The fraction of sp³-hybridized carbons (Fsp3) is 0.500. The lowest BCUT2D eigenvalue weighted by Crippen LogP contribution is -2.17. The number of rotatable bonds is 3. The van der Waals surface area contributed by atoms with Gasteiger partial charge in [-0.2, -0.15) is 0 Å². The van der Waals surface area contributed by atoms with E-state index in [9.17, 15) is 4.79 Å². The van der Waals surface area contributed by atoms with E-state index in [0.717, 1.165) is 24.7 Å². The van der Waals surface area contributed by atoms with Crippen LogP contribution in [0.4, 0.5) is 0 Å². The molecule has 96 valence electrons. The van der Waals surface area contributed by atoms with Gasteiger partial charge in [0.2, 0.25) is 0 Å². The summed E-state index contributed by atoms with van der Waals surface area (Å²) in [5, 5.41) is 0.575. The molecule has 1 spiro atoms. The van der Waals surface area contributed by atoms with E-state index < -0.39 is 0 Å². The second-order valence-corrected chi connectivity index (χ2v) is 5.59. The molecule has 18 heavy (non-hydrogen) atoms. The van der Waals surface area contributed by atoms with E-state index in [1.165, 1.54) is 0 Å². The monoisotopic (exact) mass is 266 g/mol. The van der Waals surface area contributed by atoms with Gasteiger partial charge in [-0.1, -0.05) is 11.6 Å². The third-order valence-corrected chi connectivity index (χ3v) is 3.91. The average Bonchev–Trinajstić information content (AvgIpc) is 3.15. The molecule has 0 N–H and O–H groups in total. The van der Waals surface area contributed by atoms with E-state index in [0.29, 0.717) is 42.6 Å². The van der Waals surface area contributed by atoms with Crippen molar-refractivity contribution in [1.29, 1.82) is 0 Å². The molecule has 0 unspecified atom stereocenters. The number of benzene rings is 1. The zero-order valence-corrected chi connectivity index (χ0v) is 10.8. The van der Waals surface area contributed by atoms with Crippen LogP contribution in [0.5, 0.6) is 11.5 Å². The van der Waals surface area contributed by atoms with Crippen molar-refractivity contribution >= 4 is 17.9 Å². The number of ether oxygens (including phenoxy) is 2. The number of aryl methyl sites for hydroxylation is 1. The van der Waals surface area contributed by atoms with Gasteiger partial charge in [0.05, 0.1) is 18.2 Å². The summed E-state index contributed by atoms with van der Waals surface area (Å²) in [6, 6.07) is 3.80. The van der Waals surface area contributed by atoms with Crippen LogP contribution in [0.2, 0.25) is 5.02 Å². The van der Waals surface area contributed by atoms with Crippen LogP contribution in [0.15, 0.2) is 12.1 Å². The van der Waals surface area contributed by atoms with Gasteiger partial charge in [0.25, 0.3) is 0 Å². The zero-order valence-electron chi connectivity index (χ0n) is 10.1. The number of halogens is 1. The van der Waals surface area contributed by atoms with Crippen molar-refractivity contribution in [3.63, 3.8) is 0 Å². The Morgan fingerprint density at radius 3 is 2.78 bits per heavy atom. The minimum Gasteiger partial charge on any atom is -0.489 e. The largest absolute Gasteiger partial charge is 0.489 e. The van der Waals surface area contributed by atoms with E-state index in [4.69, 9.17) is 21.1 Å². The van der Waals surface area contributed by atoms with Crippen molar-refractivity contribution in [2.75, 3.05) is 13.2 Å². The third-order valence-electron chi connectivity index (χ3n) is 3.63. The van der Waals surface area contributed by atoms with Crippen molar-refractivity contribution in [2.45, 2.75) is 25.7 Å². The van der Waals surface area contributed by atoms with Crippen molar-refractivity contribution in [3.05, 3.63) is 22.7 Å². The van der Waals surface area contributed by atoms with Gasteiger partial charge in [-0.3, -0.25) is 0 Å². The van der Waals surface area contributed by atoms with E-state index >= 15 is 0 Å². The Kier molecular flexibility index (Phi) is 2.94. The summed E-state index contributed by atoms with van der Waals surface area (Å²) in [5.41, 5.74) is 1.23. The van der Waals surface area contributed by atoms with Crippen LogP contribution >= 0.6 is 11.6 Å². The molecule has 0 bridgehead atoms. The van der Waals surface area contributed by atoms with Gasteiger partial charge in [0.15, 0.2) is 11.5 Å². The molecule has 4 heteroatoms. The van der Waals surface area contributed by atoms with Crippen molar-refractivity contribution in [3.8, 4) is 11.5 Å². The summed E-state index contributed by atoms with van der Waals surface area (Å²) in [7, 11) is 0. The molecule has 2 aliphatic rings. The maximum absolute atomic E-state index is 10.4. The molecule has 1 saturated carbocycles. The smallest absolute Gasteiger partial charge is 0.179 e. The summed E-state index contributed by atoms with van der Waals surface area (Å²) >= 11 is 6.22. The molecule has 0 atom stereocenters. The van der Waals surface area contributed by atoms with Gasteiger partial charge in [0, 0.05) is 11.8 Å². The number of fused-ring (bicyclic) bond motifs is 1. The van der Waals surface area contributed by atoms with E-state index in [-0.39, 0.29) is 5.41 Å². The highest BCUT2D eigenvalue weighted by atomic mass is 35.5. The molecule has 0 amide bonds. The lowest BCUT2D eigenvalue weighted by molar-refractivity contribution is -0.107. The van der Waals surface area contributed by atoms with Gasteiger partial charge in [-0.05, 0) is 37.0 Å². The Labute approximate surface area is 111 Å². The van der Waals surface area contributed by atoms with Crippen LogP contribution in [0.1, 0.15) is 24.8 Å². The van der Waals surface area contributed by atoms with Crippen LogP contribution in [-0.4, -0.2) is 19.5 Å². The van der Waals surface area contributed by atoms with Gasteiger partial charge < -0.3 is 14.3 Å². The molecule has 1 aliphatic carbocycles. The van der Waals surface area contributed by atoms with Crippen molar-refractivity contribution in [2.24, 2.45) is 5.41 Å². The second-order valence-electron chi connectivity index (χ2n) is 5.19. The number of hydrogen-bond donors (Lipinski definition) is 0. The maximum Gasteiger partial charge on any atom is 0.179 e. The molecule has 1 aliphatic heterocycles. The number of hydrogen-bond acceptors (Lipinski definition) is 3. The molecule has 1 fully saturated rings. The van der Waals surface area contributed by atoms with Gasteiger partial charge in [-0.15, -0.1) is 0 Å². The summed E-state index contributed by atoms with van der Waals surface area (Å²) in [5.74, 6) is 1.36. The lowest BCUT2D eigenvalue weighted by Gasteiger charge is -2.10. The van der Waals surface area contributed by atoms with Crippen LogP contribution in [0.3, 0.4) is 0 Å². The van der Waals surface area contributed by atoms with Crippen LogP contribution in [-0.2, 0) is 11.2 Å². The summed E-state index contributed by atoms with van der Waals surface area (Å²) < 4.78 is 11.6. The molecule has 0 radical (unpaired) electrons. The molecular weight excluding hydrogens is 252 g/mol. The average molecular weight is 267 g/mol. The number of aldehydes is 1. The molecular formula is C14H15ClO3. The fourth-order valence-corrected chi connectivity index (χ4v) is 2.49. The lowest BCUT2D eigenvalue weighted by atomic mass is 10.1. The summed E-state index contributed by atoms with van der Waals surface area (Å²) in [6.07, 6.45) is 4.42. The summed E-state index contributed by atoms with van der Waals surface area (Å²) in [4.78, 5) is 10.4. The Morgan fingerprint density at radius 2 is 2.06 bits per heavy atom. The number of carbonyl (C=O) groups is 1. The third kappa shape index (κ3) is 2.19. The highest BCUT2D eigenvalue weighted by molar-refractivity contribution is 6.32. The van der Waals surface area contributed by atoms with E-state index in [1.807, 2.05) is 12.1 Å². The zero-order chi connectivity index (χ0) is 12.6. The Morgan fingerprint density at radius 1 is 1.28 bits per heavy atom. The Hall–Kier alpha value is -1.22. The normalized spacial score (nSPS) is 19.4. The predicted octanol–water partition coefficient (Wildman–Crippen LogP) is 3.02. The van der Waals surface area contributed by atoms with Crippen molar-refractivity contribution in [1.82, 2.24) is 0 Å². The first-order valence-corrected chi connectivity index (χ1v) is 6.62. The van der Waals surface area contributed by atoms with Gasteiger partial charge in [0.1, 0.15) is 6.29 Å². The first-order chi connectivity index (χ1) is 8.72. The molecule has 1 aromatic carbocycles. The molecule has 1 heterocycles. The minimum absolute atomic E-state index is 0.214. The van der Waals surface area contributed by atoms with E-state index in [1.54, 1.807) is 0 Å². The first kappa shape index (κ1) is 11.8.